The van der Waals surface area contributed by atoms with E-state index in [4.69, 9.17) is 16.7 Å². The van der Waals surface area contributed by atoms with E-state index in [-0.39, 0.29) is 19.1 Å². The predicted molar refractivity (Wildman–Crippen MR) is 78.7 cm³/mol. The van der Waals surface area contributed by atoms with E-state index in [0.717, 1.165) is 12.8 Å². The first-order chi connectivity index (χ1) is 9.69. The lowest BCUT2D eigenvalue weighted by Crippen LogP contribution is -2.39. The number of nitrogens with zero attached hydrogens (tertiary/aromatic N) is 1. The van der Waals surface area contributed by atoms with Gasteiger partial charge in [0.25, 0.3) is 0 Å². The van der Waals surface area contributed by atoms with Gasteiger partial charge in [0, 0.05) is 12.2 Å². The Balaban J connectivity index is 1.80. The van der Waals surface area contributed by atoms with Crippen LogP contribution in [0.5, 0.6) is 0 Å². The Labute approximate surface area is 123 Å². The molecule has 110 valence electrons. The molecule has 20 heavy (non-hydrogen) atoms. The lowest BCUT2D eigenvalue weighted by Gasteiger charge is -2.22. The number of pyridine rings is 1. The summed E-state index contributed by atoms with van der Waals surface area (Å²) < 4.78 is 0. The van der Waals surface area contributed by atoms with E-state index in [1.165, 1.54) is 25.5 Å². The Bertz CT molecular complexity index is 462. The molecule has 1 aliphatic rings. The molecule has 0 aliphatic heterocycles. The maximum atomic E-state index is 11.8. The van der Waals surface area contributed by atoms with E-state index in [0.29, 0.717) is 22.4 Å². The number of carbonyl (C=O) groups excluding carboxylic acids is 1. The van der Waals surface area contributed by atoms with Crippen LogP contribution in [0.4, 0.5) is 5.82 Å². The number of carbonyl (C=O) groups is 1. The lowest BCUT2D eigenvalue weighted by molar-refractivity contribution is -0.120. The van der Waals surface area contributed by atoms with Crippen molar-refractivity contribution in [1.82, 2.24) is 10.3 Å². The molecule has 1 aliphatic carbocycles. The molecule has 1 amide bonds. The largest absolute Gasteiger partial charge is 0.392 e. The SMILES string of the molecule is O=C(CNc1ncc(CO)cc1Cl)NC1CCCCC1. The van der Waals surface area contributed by atoms with Crippen LogP contribution in [-0.4, -0.2) is 28.6 Å². The van der Waals surface area contributed by atoms with Gasteiger partial charge in [0.15, 0.2) is 0 Å². The molecule has 0 radical (unpaired) electrons. The van der Waals surface area contributed by atoms with Crippen LogP contribution in [0, 0.1) is 0 Å². The minimum absolute atomic E-state index is 0.0407. The van der Waals surface area contributed by atoms with E-state index < -0.39 is 0 Å². The zero-order chi connectivity index (χ0) is 14.4. The molecule has 0 atom stereocenters. The quantitative estimate of drug-likeness (QED) is 0.778. The zero-order valence-electron chi connectivity index (χ0n) is 11.4. The Morgan fingerprint density at radius 2 is 2.15 bits per heavy atom. The van der Waals surface area contributed by atoms with Gasteiger partial charge >= 0.3 is 0 Å². The van der Waals surface area contributed by atoms with Gasteiger partial charge in [-0.25, -0.2) is 4.98 Å². The van der Waals surface area contributed by atoms with Crippen LogP contribution in [0.2, 0.25) is 5.02 Å². The predicted octanol–water partition coefficient (Wildman–Crippen LogP) is 2.09. The second-order valence-corrected chi connectivity index (χ2v) is 5.50. The molecule has 0 bridgehead atoms. The summed E-state index contributed by atoms with van der Waals surface area (Å²) in [6.45, 7) is 0.0524. The maximum absolute atomic E-state index is 11.8. The molecule has 5 nitrogen and oxygen atoms in total. The highest BCUT2D eigenvalue weighted by molar-refractivity contribution is 6.33. The van der Waals surface area contributed by atoms with Crippen molar-refractivity contribution >= 4 is 23.3 Å². The van der Waals surface area contributed by atoms with Gasteiger partial charge in [-0.2, -0.15) is 0 Å². The molecule has 1 saturated carbocycles. The molecule has 3 N–H and O–H groups in total. The molecule has 0 aromatic carbocycles. The third kappa shape index (κ3) is 4.35. The Hall–Kier alpha value is -1.33. The van der Waals surface area contributed by atoms with E-state index in [2.05, 4.69) is 15.6 Å². The van der Waals surface area contributed by atoms with E-state index in [1.807, 2.05) is 0 Å². The Morgan fingerprint density at radius 3 is 2.80 bits per heavy atom. The molecule has 1 aromatic heterocycles. The molecule has 0 spiro atoms. The standard InChI is InChI=1S/C14H20ClN3O2/c15-12-6-10(9-19)7-16-14(12)17-8-13(20)18-11-4-2-1-3-5-11/h6-7,11,19H,1-5,8-9H2,(H,16,17)(H,18,20). The number of amides is 1. The smallest absolute Gasteiger partial charge is 0.239 e. The number of aromatic nitrogens is 1. The van der Waals surface area contributed by atoms with Gasteiger partial charge in [-0.3, -0.25) is 4.79 Å². The van der Waals surface area contributed by atoms with E-state index in [9.17, 15) is 4.79 Å². The summed E-state index contributed by atoms with van der Waals surface area (Å²) in [5.74, 6) is 0.420. The molecular formula is C14H20ClN3O2. The van der Waals surface area contributed by atoms with Crippen LogP contribution < -0.4 is 10.6 Å². The number of halogens is 1. The molecule has 1 aromatic rings. The first-order valence-corrected chi connectivity index (χ1v) is 7.35. The van der Waals surface area contributed by atoms with Gasteiger partial charge in [0.05, 0.1) is 18.2 Å². The summed E-state index contributed by atoms with van der Waals surface area (Å²) in [5.41, 5.74) is 0.646. The van der Waals surface area contributed by atoms with Crippen molar-refractivity contribution in [1.29, 1.82) is 0 Å². The molecule has 2 rings (SSSR count). The normalized spacial score (nSPS) is 15.9. The van der Waals surface area contributed by atoms with Gasteiger partial charge in [-0.05, 0) is 24.5 Å². The van der Waals surface area contributed by atoms with Gasteiger partial charge in [-0.15, -0.1) is 0 Å². The van der Waals surface area contributed by atoms with E-state index >= 15 is 0 Å². The average Bonchev–Trinajstić information content (AvgIpc) is 2.47. The molecular weight excluding hydrogens is 278 g/mol. The van der Waals surface area contributed by atoms with Crippen molar-refractivity contribution in [2.24, 2.45) is 0 Å². The van der Waals surface area contributed by atoms with Crippen LogP contribution in [0.15, 0.2) is 12.3 Å². The summed E-state index contributed by atoms with van der Waals surface area (Å²) in [5, 5.41) is 15.3. The summed E-state index contributed by atoms with van der Waals surface area (Å²) >= 11 is 6.02. The number of aliphatic hydroxyl groups excluding tert-OH is 1. The lowest BCUT2D eigenvalue weighted by atomic mass is 9.95. The van der Waals surface area contributed by atoms with Crippen LogP contribution in [0.1, 0.15) is 37.7 Å². The first-order valence-electron chi connectivity index (χ1n) is 6.97. The molecule has 1 heterocycles. The second-order valence-electron chi connectivity index (χ2n) is 5.09. The minimum atomic E-state index is -0.102. The number of aliphatic hydroxyl groups is 1. The summed E-state index contributed by atoms with van der Waals surface area (Å²) in [7, 11) is 0. The van der Waals surface area contributed by atoms with Crippen molar-refractivity contribution in [2.45, 2.75) is 44.8 Å². The van der Waals surface area contributed by atoms with Crippen LogP contribution in [-0.2, 0) is 11.4 Å². The van der Waals surface area contributed by atoms with Gasteiger partial charge < -0.3 is 15.7 Å². The van der Waals surface area contributed by atoms with Crippen LogP contribution in [0.3, 0.4) is 0 Å². The number of hydrogen-bond acceptors (Lipinski definition) is 4. The van der Waals surface area contributed by atoms with Gasteiger partial charge in [-0.1, -0.05) is 30.9 Å². The Morgan fingerprint density at radius 1 is 1.40 bits per heavy atom. The fourth-order valence-electron chi connectivity index (χ4n) is 2.38. The fraction of sp³-hybridized carbons (Fsp3) is 0.571. The second kappa shape index (κ2) is 7.45. The molecule has 1 fully saturated rings. The first kappa shape index (κ1) is 15.1. The van der Waals surface area contributed by atoms with Crippen molar-refractivity contribution in [3.8, 4) is 0 Å². The van der Waals surface area contributed by atoms with E-state index in [1.54, 1.807) is 6.07 Å². The van der Waals surface area contributed by atoms with Crippen LogP contribution in [0.25, 0.3) is 0 Å². The highest BCUT2D eigenvalue weighted by Crippen LogP contribution is 2.20. The summed E-state index contributed by atoms with van der Waals surface area (Å²) in [6, 6.07) is 1.94. The minimum Gasteiger partial charge on any atom is -0.392 e. The van der Waals surface area contributed by atoms with Crippen molar-refractivity contribution in [2.75, 3.05) is 11.9 Å². The topological polar surface area (TPSA) is 74.2 Å². The van der Waals surface area contributed by atoms with Crippen molar-refractivity contribution < 1.29 is 9.90 Å². The fourth-order valence-corrected chi connectivity index (χ4v) is 2.64. The van der Waals surface area contributed by atoms with Crippen molar-refractivity contribution in [3.63, 3.8) is 0 Å². The number of rotatable bonds is 5. The highest BCUT2D eigenvalue weighted by Gasteiger charge is 2.15. The monoisotopic (exact) mass is 297 g/mol. The van der Waals surface area contributed by atoms with Gasteiger partial charge in [0.1, 0.15) is 5.82 Å². The van der Waals surface area contributed by atoms with Crippen LogP contribution >= 0.6 is 11.6 Å². The third-order valence-electron chi connectivity index (χ3n) is 3.47. The highest BCUT2D eigenvalue weighted by atomic mass is 35.5. The van der Waals surface area contributed by atoms with Gasteiger partial charge in [0.2, 0.25) is 5.91 Å². The number of nitrogens with one attached hydrogen (secondary N) is 2. The maximum Gasteiger partial charge on any atom is 0.239 e. The Kier molecular flexibility index (Phi) is 5.61. The summed E-state index contributed by atoms with van der Waals surface area (Å²) in [6.07, 6.45) is 7.31. The molecule has 6 heteroatoms. The summed E-state index contributed by atoms with van der Waals surface area (Å²) in [4.78, 5) is 15.9. The molecule has 0 saturated heterocycles. The average molecular weight is 298 g/mol. The third-order valence-corrected chi connectivity index (χ3v) is 3.76. The zero-order valence-corrected chi connectivity index (χ0v) is 12.1. The number of anilines is 1. The van der Waals surface area contributed by atoms with Crippen molar-refractivity contribution in [3.05, 3.63) is 22.8 Å². The molecule has 0 unspecified atom stereocenters. The number of hydrogen-bond donors (Lipinski definition) is 3.